The summed E-state index contributed by atoms with van der Waals surface area (Å²) in [5.41, 5.74) is 0.261. The number of carbonyl (C=O) groups excluding carboxylic acids is 2. The first-order valence-corrected chi connectivity index (χ1v) is 9.78. The normalized spacial score (nSPS) is 10.7. The van der Waals surface area contributed by atoms with Gasteiger partial charge in [0.05, 0.1) is 21.3 Å². The Bertz CT molecular complexity index is 1100. The van der Waals surface area contributed by atoms with E-state index in [0.717, 1.165) is 0 Å². The lowest BCUT2D eigenvalue weighted by Crippen LogP contribution is -2.25. The Morgan fingerprint density at radius 2 is 1.83 bits per heavy atom. The van der Waals surface area contributed by atoms with Crippen molar-refractivity contribution in [2.75, 3.05) is 11.9 Å². The van der Waals surface area contributed by atoms with Crippen LogP contribution >= 0.6 is 46.4 Å². The first kappa shape index (κ1) is 21.4. The number of hydrogen-bond acceptors (Lipinski definition) is 4. The number of rotatable bonds is 5. The number of benzene rings is 1. The number of nitrogens with zero attached hydrogens (tertiary/aromatic N) is 3. The predicted molar refractivity (Wildman–Crippen MR) is 114 cm³/mol. The standard InChI is InChI=1S/C18H13Cl4N5O2/c1-2-23-17(28)10-6-9(19)7-12(21)15(10)25-18(29)13-8-14(22)26-27(13)16-11(20)4-3-5-24-16/h3-8H,2H2,1H3,(H,23,28)(H,25,29). The van der Waals surface area contributed by atoms with Gasteiger partial charge < -0.3 is 10.6 Å². The molecule has 0 atom stereocenters. The number of amides is 2. The van der Waals surface area contributed by atoms with Crippen molar-refractivity contribution in [3.05, 3.63) is 68.0 Å². The summed E-state index contributed by atoms with van der Waals surface area (Å²) in [4.78, 5) is 29.5. The van der Waals surface area contributed by atoms with Crippen LogP contribution in [0.3, 0.4) is 0 Å². The summed E-state index contributed by atoms with van der Waals surface area (Å²) in [5.74, 6) is -0.843. The molecule has 2 aromatic heterocycles. The second-order valence-corrected chi connectivity index (χ2v) is 7.33. The number of aromatic nitrogens is 3. The quantitative estimate of drug-likeness (QED) is 0.553. The van der Waals surface area contributed by atoms with E-state index in [1.165, 1.54) is 29.1 Å². The summed E-state index contributed by atoms with van der Waals surface area (Å²) >= 11 is 24.4. The van der Waals surface area contributed by atoms with Gasteiger partial charge in [0.2, 0.25) is 0 Å². The van der Waals surface area contributed by atoms with Gasteiger partial charge in [0.25, 0.3) is 11.8 Å². The topological polar surface area (TPSA) is 88.9 Å². The summed E-state index contributed by atoms with van der Waals surface area (Å²) in [6.07, 6.45) is 1.50. The van der Waals surface area contributed by atoms with Gasteiger partial charge in [-0.2, -0.15) is 5.10 Å². The van der Waals surface area contributed by atoms with Crippen LogP contribution in [0.2, 0.25) is 20.2 Å². The van der Waals surface area contributed by atoms with Gasteiger partial charge in [-0.3, -0.25) is 9.59 Å². The SMILES string of the molecule is CCNC(=O)c1cc(Cl)cc(Cl)c1NC(=O)c1cc(Cl)nn1-c1ncccc1Cl. The number of halogens is 4. The zero-order valence-electron chi connectivity index (χ0n) is 14.8. The van der Waals surface area contributed by atoms with Crippen molar-refractivity contribution in [1.29, 1.82) is 0 Å². The fourth-order valence-corrected chi connectivity index (χ4v) is 3.44. The van der Waals surface area contributed by atoms with E-state index >= 15 is 0 Å². The van der Waals surface area contributed by atoms with Crippen molar-refractivity contribution in [1.82, 2.24) is 20.1 Å². The summed E-state index contributed by atoms with van der Waals surface area (Å²) in [6, 6.07) is 7.42. The highest BCUT2D eigenvalue weighted by Crippen LogP contribution is 2.31. The Labute approximate surface area is 185 Å². The number of carbonyl (C=O) groups is 2. The minimum absolute atomic E-state index is 0.0449. The third-order valence-corrected chi connectivity index (χ3v) is 4.72. The van der Waals surface area contributed by atoms with Crippen LogP contribution in [0, 0.1) is 0 Å². The molecule has 150 valence electrons. The summed E-state index contributed by atoms with van der Waals surface area (Å²) < 4.78 is 1.20. The maximum atomic E-state index is 13.0. The molecule has 0 saturated heterocycles. The Kier molecular flexibility index (Phi) is 6.64. The van der Waals surface area contributed by atoms with Gasteiger partial charge in [0.1, 0.15) is 5.69 Å². The van der Waals surface area contributed by atoms with Crippen molar-refractivity contribution in [3.8, 4) is 5.82 Å². The van der Waals surface area contributed by atoms with Crippen LogP contribution in [-0.2, 0) is 0 Å². The maximum absolute atomic E-state index is 13.0. The summed E-state index contributed by atoms with van der Waals surface area (Å²) in [7, 11) is 0. The molecule has 7 nitrogen and oxygen atoms in total. The molecule has 0 fully saturated rings. The van der Waals surface area contributed by atoms with Crippen molar-refractivity contribution in [2.24, 2.45) is 0 Å². The minimum Gasteiger partial charge on any atom is -0.352 e. The first-order chi connectivity index (χ1) is 13.8. The van der Waals surface area contributed by atoms with Crippen molar-refractivity contribution < 1.29 is 9.59 Å². The minimum atomic E-state index is -0.624. The molecular formula is C18H13Cl4N5O2. The molecule has 2 heterocycles. The molecule has 0 saturated carbocycles. The second-order valence-electron chi connectivity index (χ2n) is 5.70. The van der Waals surface area contributed by atoms with E-state index in [1.807, 2.05) is 0 Å². The van der Waals surface area contributed by atoms with Gasteiger partial charge in [-0.25, -0.2) is 9.67 Å². The Hall–Kier alpha value is -2.32. The van der Waals surface area contributed by atoms with Crippen LogP contribution < -0.4 is 10.6 Å². The average Bonchev–Trinajstić information content (AvgIpc) is 3.05. The lowest BCUT2D eigenvalue weighted by molar-refractivity contribution is 0.0956. The third kappa shape index (κ3) is 4.64. The average molecular weight is 473 g/mol. The van der Waals surface area contributed by atoms with Gasteiger partial charge in [-0.05, 0) is 31.2 Å². The Morgan fingerprint density at radius 3 is 2.52 bits per heavy atom. The highest BCUT2D eigenvalue weighted by molar-refractivity contribution is 6.38. The van der Waals surface area contributed by atoms with E-state index in [0.29, 0.717) is 6.54 Å². The molecule has 0 aliphatic carbocycles. The first-order valence-electron chi connectivity index (χ1n) is 8.26. The molecule has 2 amide bonds. The molecule has 0 spiro atoms. The summed E-state index contributed by atoms with van der Waals surface area (Å²) in [5, 5.41) is 10.0. The monoisotopic (exact) mass is 471 g/mol. The third-order valence-electron chi connectivity index (χ3n) is 3.73. The van der Waals surface area contributed by atoms with Crippen LogP contribution in [0.15, 0.2) is 36.5 Å². The van der Waals surface area contributed by atoms with E-state index in [4.69, 9.17) is 46.4 Å². The number of pyridine rings is 1. The molecule has 0 bridgehead atoms. The highest BCUT2D eigenvalue weighted by atomic mass is 35.5. The van der Waals surface area contributed by atoms with Crippen LogP contribution in [0.4, 0.5) is 5.69 Å². The predicted octanol–water partition coefficient (Wildman–Crippen LogP) is 4.88. The van der Waals surface area contributed by atoms with Crippen molar-refractivity contribution >= 4 is 63.9 Å². The molecule has 2 N–H and O–H groups in total. The van der Waals surface area contributed by atoms with E-state index < -0.39 is 11.8 Å². The van der Waals surface area contributed by atoms with Gasteiger partial charge in [0.15, 0.2) is 11.0 Å². The fraction of sp³-hybridized carbons (Fsp3) is 0.111. The molecule has 3 aromatic rings. The second kappa shape index (κ2) is 9.00. The number of nitrogens with one attached hydrogen (secondary N) is 2. The van der Waals surface area contributed by atoms with Gasteiger partial charge in [-0.15, -0.1) is 0 Å². The largest absolute Gasteiger partial charge is 0.352 e. The van der Waals surface area contributed by atoms with Gasteiger partial charge in [-0.1, -0.05) is 46.4 Å². The number of anilines is 1. The van der Waals surface area contributed by atoms with Crippen LogP contribution in [0.1, 0.15) is 27.8 Å². The van der Waals surface area contributed by atoms with Crippen molar-refractivity contribution in [3.63, 3.8) is 0 Å². The Morgan fingerprint density at radius 1 is 1.07 bits per heavy atom. The van der Waals surface area contributed by atoms with Crippen LogP contribution in [0.5, 0.6) is 0 Å². The van der Waals surface area contributed by atoms with Gasteiger partial charge >= 0.3 is 0 Å². The molecule has 1 aromatic carbocycles. The zero-order valence-corrected chi connectivity index (χ0v) is 17.9. The Balaban J connectivity index is 2.03. The molecule has 0 aliphatic rings. The van der Waals surface area contributed by atoms with E-state index in [1.54, 1.807) is 19.1 Å². The summed E-state index contributed by atoms with van der Waals surface area (Å²) in [6.45, 7) is 2.15. The van der Waals surface area contributed by atoms with Crippen molar-refractivity contribution in [2.45, 2.75) is 6.92 Å². The fourth-order valence-electron chi connectivity index (χ4n) is 2.52. The molecule has 0 unspecified atom stereocenters. The molecular weight excluding hydrogens is 460 g/mol. The van der Waals surface area contributed by atoms with E-state index in [-0.39, 0.29) is 43.0 Å². The van der Waals surface area contributed by atoms with Gasteiger partial charge in [0, 0.05) is 23.8 Å². The van der Waals surface area contributed by atoms with Crippen LogP contribution in [0.25, 0.3) is 5.82 Å². The molecule has 0 radical (unpaired) electrons. The lowest BCUT2D eigenvalue weighted by Gasteiger charge is -2.14. The molecule has 11 heteroatoms. The van der Waals surface area contributed by atoms with E-state index in [2.05, 4.69) is 20.7 Å². The van der Waals surface area contributed by atoms with Crippen LogP contribution in [-0.4, -0.2) is 33.1 Å². The molecule has 0 aliphatic heterocycles. The smallest absolute Gasteiger partial charge is 0.274 e. The maximum Gasteiger partial charge on any atom is 0.274 e. The zero-order chi connectivity index (χ0) is 21.1. The molecule has 3 rings (SSSR count). The highest BCUT2D eigenvalue weighted by Gasteiger charge is 2.22. The molecule has 29 heavy (non-hydrogen) atoms. The lowest BCUT2D eigenvalue weighted by atomic mass is 10.1. The van der Waals surface area contributed by atoms with E-state index in [9.17, 15) is 9.59 Å². The number of hydrogen-bond donors (Lipinski definition) is 2.